The summed E-state index contributed by atoms with van der Waals surface area (Å²) in [6, 6.07) is 15.8. The molecule has 5 heteroatoms. The van der Waals surface area contributed by atoms with Gasteiger partial charge in [0, 0.05) is 24.2 Å². The fourth-order valence-corrected chi connectivity index (χ4v) is 2.12. The third kappa shape index (κ3) is 3.25. The summed E-state index contributed by atoms with van der Waals surface area (Å²) in [7, 11) is 1.61. The average molecular weight is 295 g/mol. The van der Waals surface area contributed by atoms with Gasteiger partial charge >= 0.3 is 0 Å². The Morgan fingerprint density at radius 3 is 2.64 bits per heavy atom. The zero-order valence-electron chi connectivity index (χ0n) is 12.5. The largest absolute Gasteiger partial charge is 0.481 e. The zero-order chi connectivity index (χ0) is 15.4. The second-order valence-electron chi connectivity index (χ2n) is 4.94. The van der Waals surface area contributed by atoms with E-state index in [-0.39, 0.29) is 0 Å². The Hall–Kier alpha value is -2.82. The third-order valence-electron chi connectivity index (χ3n) is 3.28. The van der Waals surface area contributed by atoms with Crippen LogP contribution in [-0.4, -0.2) is 17.3 Å². The highest BCUT2D eigenvalue weighted by atomic mass is 16.5. The van der Waals surface area contributed by atoms with Crippen molar-refractivity contribution in [1.82, 2.24) is 10.1 Å². The van der Waals surface area contributed by atoms with Gasteiger partial charge in [0.25, 0.3) is 0 Å². The molecule has 5 nitrogen and oxygen atoms in total. The van der Waals surface area contributed by atoms with Crippen LogP contribution in [0.2, 0.25) is 0 Å². The predicted octanol–water partition coefficient (Wildman–Crippen LogP) is 3.67. The van der Waals surface area contributed by atoms with Gasteiger partial charge in [-0.15, -0.1) is 0 Å². The van der Waals surface area contributed by atoms with Crippen LogP contribution in [0.5, 0.6) is 5.88 Å². The first-order valence-corrected chi connectivity index (χ1v) is 7.02. The van der Waals surface area contributed by atoms with Crippen molar-refractivity contribution in [2.45, 2.75) is 13.5 Å². The highest BCUT2D eigenvalue weighted by molar-refractivity contribution is 5.59. The number of hydrogen-bond acceptors (Lipinski definition) is 5. The number of rotatable bonds is 5. The molecule has 2 heterocycles. The molecule has 0 aliphatic carbocycles. The quantitative estimate of drug-likeness (QED) is 0.778. The van der Waals surface area contributed by atoms with Gasteiger partial charge in [-0.25, -0.2) is 0 Å². The van der Waals surface area contributed by atoms with Gasteiger partial charge in [0.2, 0.25) is 5.88 Å². The molecule has 0 spiro atoms. The number of aromatic nitrogens is 2. The topological polar surface area (TPSA) is 60.2 Å². The van der Waals surface area contributed by atoms with Crippen LogP contribution in [0.3, 0.4) is 0 Å². The van der Waals surface area contributed by atoms with Crippen LogP contribution in [0, 0.1) is 6.92 Å². The van der Waals surface area contributed by atoms with Gasteiger partial charge in [-0.3, -0.25) is 0 Å². The van der Waals surface area contributed by atoms with Crippen molar-refractivity contribution in [1.29, 1.82) is 0 Å². The number of anilines is 1. The van der Waals surface area contributed by atoms with E-state index in [1.54, 1.807) is 7.11 Å². The number of nitrogens with zero attached hydrogens (tertiary/aromatic N) is 2. The maximum atomic E-state index is 5.11. The molecule has 0 bridgehead atoms. The van der Waals surface area contributed by atoms with Crippen molar-refractivity contribution >= 4 is 5.82 Å². The molecule has 0 atom stereocenters. The monoisotopic (exact) mass is 295 g/mol. The maximum Gasteiger partial charge on any atom is 0.214 e. The van der Waals surface area contributed by atoms with Gasteiger partial charge in [-0.2, -0.15) is 4.98 Å². The van der Waals surface area contributed by atoms with Crippen molar-refractivity contribution in [3.8, 4) is 17.1 Å². The van der Waals surface area contributed by atoms with Crippen LogP contribution in [0.1, 0.15) is 11.3 Å². The van der Waals surface area contributed by atoms with Crippen molar-refractivity contribution < 1.29 is 9.26 Å². The van der Waals surface area contributed by atoms with Crippen LogP contribution in [0.4, 0.5) is 5.82 Å². The van der Waals surface area contributed by atoms with E-state index in [1.165, 1.54) is 0 Å². The zero-order valence-corrected chi connectivity index (χ0v) is 12.5. The third-order valence-corrected chi connectivity index (χ3v) is 3.28. The van der Waals surface area contributed by atoms with E-state index in [2.05, 4.69) is 27.6 Å². The number of methoxy groups -OCH3 is 1. The molecule has 0 saturated heterocycles. The normalized spacial score (nSPS) is 10.5. The SMILES string of the molecule is COc1cccc(NCc2ccc(-c3cc(C)on3)cc2)n1. The fourth-order valence-electron chi connectivity index (χ4n) is 2.12. The van der Waals surface area contributed by atoms with Gasteiger partial charge in [-0.1, -0.05) is 35.5 Å². The fraction of sp³-hybridized carbons (Fsp3) is 0.176. The Morgan fingerprint density at radius 1 is 1.14 bits per heavy atom. The lowest BCUT2D eigenvalue weighted by molar-refractivity contribution is 0.398. The molecule has 3 rings (SSSR count). The molecular formula is C17H17N3O2. The van der Waals surface area contributed by atoms with E-state index in [0.717, 1.165) is 28.4 Å². The standard InChI is InChI=1S/C17H17N3O2/c1-12-10-15(20-22-12)14-8-6-13(7-9-14)11-18-16-4-3-5-17(19-16)21-2/h3-10H,11H2,1-2H3,(H,18,19). The number of ether oxygens (including phenoxy) is 1. The summed E-state index contributed by atoms with van der Waals surface area (Å²) in [4.78, 5) is 4.32. The van der Waals surface area contributed by atoms with Crippen molar-refractivity contribution in [2.75, 3.05) is 12.4 Å². The first-order valence-electron chi connectivity index (χ1n) is 7.02. The van der Waals surface area contributed by atoms with Gasteiger partial charge in [-0.05, 0) is 18.6 Å². The lowest BCUT2D eigenvalue weighted by atomic mass is 10.1. The molecule has 0 aliphatic rings. The van der Waals surface area contributed by atoms with E-state index in [1.807, 2.05) is 43.3 Å². The summed E-state index contributed by atoms with van der Waals surface area (Å²) in [5, 5.41) is 7.29. The Morgan fingerprint density at radius 2 is 1.95 bits per heavy atom. The molecule has 1 N–H and O–H groups in total. The van der Waals surface area contributed by atoms with Gasteiger partial charge in [0.05, 0.1) is 7.11 Å². The highest BCUT2D eigenvalue weighted by Gasteiger charge is 2.04. The molecule has 0 fully saturated rings. The minimum Gasteiger partial charge on any atom is -0.481 e. The number of aryl methyl sites for hydroxylation is 1. The summed E-state index contributed by atoms with van der Waals surface area (Å²) in [6.07, 6.45) is 0. The van der Waals surface area contributed by atoms with Crippen molar-refractivity contribution in [3.05, 3.63) is 59.9 Å². The lowest BCUT2D eigenvalue weighted by Gasteiger charge is -2.07. The Balaban J connectivity index is 1.66. The predicted molar refractivity (Wildman–Crippen MR) is 84.8 cm³/mol. The van der Waals surface area contributed by atoms with Crippen molar-refractivity contribution in [3.63, 3.8) is 0 Å². The molecule has 22 heavy (non-hydrogen) atoms. The average Bonchev–Trinajstić information content (AvgIpc) is 3.00. The summed E-state index contributed by atoms with van der Waals surface area (Å²) in [5.41, 5.74) is 3.06. The molecule has 112 valence electrons. The first-order chi connectivity index (χ1) is 10.7. The lowest BCUT2D eigenvalue weighted by Crippen LogP contribution is -2.01. The molecule has 0 radical (unpaired) electrons. The van der Waals surface area contributed by atoms with Gasteiger partial charge < -0.3 is 14.6 Å². The number of benzene rings is 1. The van der Waals surface area contributed by atoms with Crippen molar-refractivity contribution in [2.24, 2.45) is 0 Å². The number of nitrogens with one attached hydrogen (secondary N) is 1. The van der Waals surface area contributed by atoms with Gasteiger partial charge in [0.15, 0.2) is 0 Å². The van der Waals surface area contributed by atoms with E-state index in [9.17, 15) is 0 Å². The molecule has 0 unspecified atom stereocenters. The summed E-state index contributed by atoms with van der Waals surface area (Å²) in [5.74, 6) is 2.20. The summed E-state index contributed by atoms with van der Waals surface area (Å²) < 4.78 is 10.2. The second kappa shape index (κ2) is 6.30. The minimum atomic E-state index is 0.599. The van der Waals surface area contributed by atoms with Crippen LogP contribution in [0.15, 0.2) is 53.1 Å². The first kappa shape index (κ1) is 14.1. The van der Waals surface area contributed by atoms with E-state index in [4.69, 9.17) is 9.26 Å². The Bertz CT molecular complexity index is 751. The van der Waals surface area contributed by atoms with Gasteiger partial charge in [0.1, 0.15) is 17.3 Å². The molecule has 0 aliphatic heterocycles. The molecule has 1 aromatic carbocycles. The Kier molecular flexibility index (Phi) is 4.05. The summed E-state index contributed by atoms with van der Waals surface area (Å²) >= 11 is 0. The van der Waals surface area contributed by atoms with Crippen LogP contribution in [-0.2, 0) is 6.54 Å². The number of pyridine rings is 1. The smallest absolute Gasteiger partial charge is 0.214 e. The summed E-state index contributed by atoms with van der Waals surface area (Å²) in [6.45, 7) is 2.58. The molecule has 2 aromatic heterocycles. The van der Waals surface area contributed by atoms with Crippen LogP contribution in [0.25, 0.3) is 11.3 Å². The van der Waals surface area contributed by atoms with E-state index in [0.29, 0.717) is 12.4 Å². The number of hydrogen-bond donors (Lipinski definition) is 1. The molecule has 3 aromatic rings. The minimum absolute atomic E-state index is 0.599. The van der Waals surface area contributed by atoms with E-state index < -0.39 is 0 Å². The molecule has 0 amide bonds. The van der Waals surface area contributed by atoms with Crippen LogP contribution >= 0.6 is 0 Å². The maximum absolute atomic E-state index is 5.11. The Labute approximate surface area is 128 Å². The highest BCUT2D eigenvalue weighted by Crippen LogP contribution is 2.20. The van der Waals surface area contributed by atoms with E-state index >= 15 is 0 Å². The molecular weight excluding hydrogens is 278 g/mol. The second-order valence-corrected chi connectivity index (χ2v) is 4.94. The van der Waals surface area contributed by atoms with Crippen LogP contribution < -0.4 is 10.1 Å². The molecule has 0 saturated carbocycles.